The molecule has 7 nitrogen and oxygen atoms in total. The second-order valence-electron chi connectivity index (χ2n) is 6.01. The van der Waals surface area contributed by atoms with Gasteiger partial charge < -0.3 is 4.42 Å². The van der Waals surface area contributed by atoms with E-state index in [2.05, 4.69) is 27.4 Å². The third-order valence-electron chi connectivity index (χ3n) is 4.04. The molecule has 0 saturated heterocycles. The van der Waals surface area contributed by atoms with Crippen LogP contribution in [0, 0.1) is 6.92 Å². The van der Waals surface area contributed by atoms with Gasteiger partial charge in [-0.3, -0.25) is 4.40 Å². The van der Waals surface area contributed by atoms with Crippen molar-refractivity contribution in [1.82, 2.24) is 29.6 Å². The number of hydrogen-bond donors (Lipinski definition) is 0. The molecule has 0 aliphatic rings. The van der Waals surface area contributed by atoms with Crippen LogP contribution < -0.4 is 0 Å². The van der Waals surface area contributed by atoms with Crippen molar-refractivity contribution in [1.29, 1.82) is 0 Å². The molecule has 0 saturated carbocycles. The molecule has 0 N–H and O–H groups in total. The van der Waals surface area contributed by atoms with E-state index in [-0.39, 0.29) is 5.92 Å². The first-order valence-electron chi connectivity index (χ1n) is 7.93. The predicted octanol–water partition coefficient (Wildman–Crippen LogP) is 2.62. The van der Waals surface area contributed by atoms with Crippen molar-refractivity contribution in [3.8, 4) is 0 Å². The Balaban J connectivity index is 1.48. The average Bonchev–Trinajstić information content (AvgIpc) is 3.29. The van der Waals surface area contributed by atoms with Crippen LogP contribution in [-0.4, -0.2) is 29.6 Å². The molecule has 1 atom stereocenters. The van der Waals surface area contributed by atoms with E-state index in [1.54, 1.807) is 4.68 Å². The third kappa shape index (κ3) is 2.80. The molecule has 0 aromatic carbocycles. The quantitative estimate of drug-likeness (QED) is 0.564. The van der Waals surface area contributed by atoms with Gasteiger partial charge in [0.15, 0.2) is 11.5 Å². The van der Waals surface area contributed by atoms with Crippen LogP contribution in [0.4, 0.5) is 0 Å². The Morgan fingerprint density at radius 2 is 2.04 bits per heavy atom. The van der Waals surface area contributed by atoms with Gasteiger partial charge in [0.1, 0.15) is 18.1 Å². The molecule has 1 unspecified atom stereocenters. The Morgan fingerprint density at radius 3 is 2.88 bits per heavy atom. The van der Waals surface area contributed by atoms with Gasteiger partial charge in [-0.2, -0.15) is 0 Å². The van der Waals surface area contributed by atoms with Crippen LogP contribution in [0.3, 0.4) is 0 Å². The van der Waals surface area contributed by atoms with E-state index in [1.807, 2.05) is 54.0 Å². The number of nitrogens with zero attached hydrogens (tertiary/aromatic N) is 6. The van der Waals surface area contributed by atoms with Gasteiger partial charge >= 0.3 is 0 Å². The zero-order chi connectivity index (χ0) is 16.5. The smallest absolute Gasteiger partial charge is 0.160 e. The highest BCUT2D eigenvalue weighted by molar-refractivity contribution is 5.36. The number of hydrogen-bond acceptors (Lipinski definition) is 5. The highest BCUT2D eigenvalue weighted by atomic mass is 16.3. The van der Waals surface area contributed by atoms with E-state index >= 15 is 0 Å². The normalized spacial score (nSPS) is 12.8. The van der Waals surface area contributed by atoms with Crippen LogP contribution in [0.15, 0.2) is 47.1 Å². The van der Waals surface area contributed by atoms with Gasteiger partial charge in [-0.25, -0.2) is 4.68 Å². The Kier molecular flexibility index (Phi) is 3.60. The van der Waals surface area contributed by atoms with E-state index in [0.717, 1.165) is 35.1 Å². The molecule has 4 aromatic heterocycles. The maximum Gasteiger partial charge on any atom is 0.160 e. The predicted molar refractivity (Wildman–Crippen MR) is 87.7 cm³/mol. The second kappa shape index (κ2) is 5.92. The molecule has 0 amide bonds. The molecule has 0 spiro atoms. The van der Waals surface area contributed by atoms with Gasteiger partial charge in [-0.15, -0.1) is 15.3 Å². The molecule has 7 heteroatoms. The Bertz CT molecular complexity index is 966. The lowest BCUT2D eigenvalue weighted by Crippen LogP contribution is -2.04. The van der Waals surface area contributed by atoms with Gasteiger partial charge in [-0.05, 0) is 31.2 Å². The van der Waals surface area contributed by atoms with Crippen LogP contribution in [-0.2, 0) is 13.0 Å². The lowest BCUT2D eigenvalue weighted by atomic mass is 10.0. The molecule has 122 valence electrons. The molecular formula is C17H18N6O. The van der Waals surface area contributed by atoms with Crippen LogP contribution in [0.1, 0.15) is 35.9 Å². The van der Waals surface area contributed by atoms with Gasteiger partial charge in [0.2, 0.25) is 0 Å². The molecular weight excluding hydrogens is 304 g/mol. The first kappa shape index (κ1) is 14.6. The van der Waals surface area contributed by atoms with Crippen LogP contribution in [0.2, 0.25) is 0 Å². The number of fused-ring (bicyclic) bond motifs is 1. The molecule has 24 heavy (non-hydrogen) atoms. The lowest BCUT2D eigenvalue weighted by Gasteiger charge is -2.05. The highest BCUT2D eigenvalue weighted by Crippen LogP contribution is 2.21. The first-order chi connectivity index (χ1) is 11.7. The maximum atomic E-state index is 5.68. The minimum atomic E-state index is 0.262. The van der Waals surface area contributed by atoms with Crippen LogP contribution >= 0.6 is 0 Å². The minimum absolute atomic E-state index is 0.262. The van der Waals surface area contributed by atoms with Crippen molar-refractivity contribution < 1.29 is 4.42 Å². The summed E-state index contributed by atoms with van der Waals surface area (Å²) in [5, 5.41) is 16.8. The van der Waals surface area contributed by atoms with E-state index < -0.39 is 0 Å². The SMILES string of the molecule is Cc1ccc(C(C)Cc2cn(Cc3nnc4ccccn34)nn2)o1. The van der Waals surface area contributed by atoms with Crippen molar-refractivity contribution in [2.24, 2.45) is 0 Å². The topological polar surface area (TPSA) is 74.0 Å². The molecule has 0 aliphatic heterocycles. The minimum Gasteiger partial charge on any atom is -0.466 e. The lowest BCUT2D eigenvalue weighted by molar-refractivity contribution is 0.450. The van der Waals surface area contributed by atoms with Crippen LogP contribution in [0.5, 0.6) is 0 Å². The zero-order valence-corrected chi connectivity index (χ0v) is 13.6. The van der Waals surface area contributed by atoms with E-state index in [1.165, 1.54) is 0 Å². The summed E-state index contributed by atoms with van der Waals surface area (Å²) >= 11 is 0. The number of furan rings is 1. The van der Waals surface area contributed by atoms with Gasteiger partial charge in [0, 0.05) is 24.7 Å². The third-order valence-corrected chi connectivity index (χ3v) is 4.04. The van der Waals surface area contributed by atoms with E-state index in [0.29, 0.717) is 6.54 Å². The van der Waals surface area contributed by atoms with Crippen molar-refractivity contribution in [2.45, 2.75) is 32.7 Å². The first-order valence-corrected chi connectivity index (χ1v) is 7.93. The summed E-state index contributed by atoms with van der Waals surface area (Å²) in [4.78, 5) is 0. The largest absolute Gasteiger partial charge is 0.466 e. The molecule has 4 rings (SSSR count). The molecule has 0 radical (unpaired) electrons. The number of aryl methyl sites for hydroxylation is 1. The molecule has 4 aromatic rings. The van der Waals surface area contributed by atoms with Gasteiger partial charge in [0.25, 0.3) is 0 Å². The summed E-state index contributed by atoms with van der Waals surface area (Å²) in [7, 11) is 0. The Labute approximate surface area is 138 Å². The monoisotopic (exact) mass is 322 g/mol. The zero-order valence-electron chi connectivity index (χ0n) is 13.6. The van der Waals surface area contributed by atoms with E-state index in [9.17, 15) is 0 Å². The van der Waals surface area contributed by atoms with Crippen molar-refractivity contribution in [2.75, 3.05) is 0 Å². The number of pyridine rings is 1. The molecule has 4 heterocycles. The van der Waals surface area contributed by atoms with E-state index in [4.69, 9.17) is 4.42 Å². The molecule has 0 fully saturated rings. The summed E-state index contributed by atoms with van der Waals surface area (Å²) in [6.45, 7) is 4.62. The number of aromatic nitrogens is 6. The van der Waals surface area contributed by atoms with Gasteiger partial charge in [-0.1, -0.05) is 18.2 Å². The van der Waals surface area contributed by atoms with Crippen molar-refractivity contribution >= 4 is 5.65 Å². The molecule has 0 aliphatic carbocycles. The Morgan fingerprint density at radius 1 is 1.12 bits per heavy atom. The summed E-state index contributed by atoms with van der Waals surface area (Å²) in [6.07, 6.45) is 4.69. The van der Waals surface area contributed by atoms with Gasteiger partial charge in [0.05, 0.1) is 5.69 Å². The summed E-state index contributed by atoms with van der Waals surface area (Å²) < 4.78 is 9.43. The standard InChI is InChI=1S/C17H18N6O/c1-12(15-7-6-13(2)24-15)9-14-10-22(21-18-14)11-17-20-19-16-5-3-4-8-23(16)17/h3-8,10,12H,9,11H2,1-2H3. The Hall–Kier alpha value is -2.96. The second-order valence-corrected chi connectivity index (χ2v) is 6.01. The summed E-state index contributed by atoms with van der Waals surface area (Å²) in [5.74, 6) is 3.00. The number of rotatable bonds is 5. The highest BCUT2D eigenvalue weighted by Gasteiger charge is 2.13. The maximum absolute atomic E-state index is 5.68. The fourth-order valence-electron chi connectivity index (χ4n) is 2.79. The van der Waals surface area contributed by atoms with Crippen LogP contribution in [0.25, 0.3) is 5.65 Å². The van der Waals surface area contributed by atoms with Crippen molar-refractivity contribution in [3.05, 3.63) is 65.8 Å². The summed E-state index contributed by atoms with van der Waals surface area (Å²) in [5.41, 5.74) is 1.76. The fourth-order valence-corrected chi connectivity index (χ4v) is 2.79. The fraction of sp³-hybridized carbons (Fsp3) is 0.294. The van der Waals surface area contributed by atoms with Crippen molar-refractivity contribution in [3.63, 3.8) is 0 Å². The average molecular weight is 322 g/mol. The summed E-state index contributed by atoms with van der Waals surface area (Å²) in [6, 6.07) is 9.83. The molecule has 0 bridgehead atoms.